The maximum atomic E-state index is 13.8. The summed E-state index contributed by atoms with van der Waals surface area (Å²) < 4.78 is 28.9. The third-order valence-electron chi connectivity index (χ3n) is 5.50. The quantitative estimate of drug-likeness (QED) is 0.561. The Balaban J connectivity index is 2.01. The number of carbonyl (C=O) groups excluding carboxylic acids is 1. The van der Waals surface area contributed by atoms with Crippen molar-refractivity contribution in [2.45, 2.75) is 13.8 Å². The van der Waals surface area contributed by atoms with Crippen LogP contribution in [0.2, 0.25) is 0 Å². The molecule has 0 saturated heterocycles. The van der Waals surface area contributed by atoms with E-state index in [0.717, 1.165) is 11.1 Å². The van der Waals surface area contributed by atoms with E-state index >= 15 is 0 Å². The summed E-state index contributed by atoms with van der Waals surface area (Å²) in [6.07, 6.45) is 1.52. The lowest BCUT2D eigenvalue weighted by Gasteiger charge is -2.33. The molecule has 6 heteroatoms. The largest absolute Gasteiger partial charge is 0.321 e. The summed E-state index contributed by atoms with van der Waals surface area (Å²) in [6.45, 7) is 7.52. The molecule has 4 rings (SSSR count). The molecule has 1 heterocycles. The van der Waals surface area contributed by atoms with E-state index in [0.29, 0.717) is 28.1 Å². The van der Waals surface area contributed by atoms with Crippen LogP contribution in [0.25, 0.3) is 5.57 Å². The van der Waals surface area contributed by atoms with Crippen molar-refractivity contribution in [3.05, 3.63) is 113 Å². The highest BCUT2D eigenvalue weighted by molar-refractivity contribution is 7.97. The lowest BCUT2D eigenvalue weighted by molar-refractivity contribution is -0.112. The van der Waals surface area contributed by atoms with E-state index in [1.54, 1.807) is 12.1 Å². The first-order chi connectivity index (χ1) is 15.4. The molecule has 0 saturated carbocycles. The zero-order valence-electron chi connectivity index (χ0n) is 18.0. The number of nitrogens with one attached hydrogen (secondary N) is 1. The smallest absolute Gasteiger partial charge is 0.270 e. The van der Waals surface area contributed by atoms with Crippen LogP contribution < -0.4 is 9.62 Å². The normalized spacial score (nSPS) is 14.6. The summed E-state index contributed by atoms with van der Waals surface area (Å²) in [6, 6.07) is 22.0. The SMILES string of the molecule is C=CCN1c2ccccc2C(c2ccccc2)=C(C(=O)Nc2c(C)cccc2C)S1(=O)=O. The fourth-order valence-corrected chi connectivity index (χ4v) is 5.72. The van der Waals surface area contributed by atoms with E-state index in [1.165, 1.54) is 10.4 Å². The van der Waals surface area contributed by atoms with Gasteiger partial charge in [-0.1, -0.05) is 72.8 Å². The van der Waals surface area contributed by atoms with Crippen molar-refractivity contribution < 1.29 is 13.2 Å². The molecule has 5 nitrogen and oxygen atoms in total. The van der Waals surface area contributed by atoms with Gasteiger partial charge in [0.2, 0.25) is 0 Å². The second-order valence-electron chi connectivity index (χ2n) is 7.63. The van der Waals surface area contributed by atoms with Crippen molar-refractivity contribution in [3.8, 4) is 0 Å². The molecule has 162 valence electrons. The van der Waals surface area contributed by atoms with Gasteiger partial charge in [-0.2, -0.15) is 0 Å². The number of benzene rings is 3. The Hall–Kier alpha value is -3.64. The minimum atomic E-state index is -4.15. The van der Waals surface area contributed by atoms with Gasteiger partial charge in [0.25, 0.3) is 15.9 Å². The monoisotopic (exact) mass is 444 g/mol. The highest BCUT2D eigenvalue weighted by Gasteiger charge is 2.41. The topological polar surface area (TPSA) is 66.5 Å². The van der Waals surface area contributed by atoms with Crippen molar-refractivity contribution in [2.24, 2.45) is 0 Å². The minimum Gasteiger partial charge on any atom is -0.321 e. The number of nitrogens with zero attached hydrogens (tertiary/aromatic N) is 1. The molecule has 1 N–H and O–H groups in total. The van der Waals surface area contributed by atoms with Gasteiger partial charge in [0.1, 0.15) is 0 Å². The van der Waals surface area contributed by atoms with Gasteiger partial charge < -0.3 is 5.32 Å². The predicted octanol–water partition coefficient (Wildman–Crippen LogP) is 5.04. The number of aryl methyl sites for hydroxylation is 2. The van der Waals surface area contributed by atoms with Crippen LogP contribution in [0.1, 0.15) is 22.3 Å². The minimum absolute atomic E-state index is 0.0571. The molecule has 1 aliphatic heterocycles. The second kappa shape index (κ2) is 8.48. The molecular formula is C26H24N2O3S. The Bertz CT molecular complexity index is 1320. The fourth-order valence-electron chi connectivity index (χ4n) is 4.01. The molecule has 3 aromatic carbocycles. The third-order valence-corrected chi connectivity index (χ3v) is 7.33. The molecule has 1 aliphatic rings. The fraction of sp³-hybridized carbons (Fsp3) is 0.115. The lowest BCUT2D eigenvalue weighted by Crippen LogP contribution is -2.40. The third kappa shape index (κ3) is 3.63. The standard InChI is InChI=1S/C26H24N2O3S/c1-4-17-28-22-16-9-8-15-21(22)23(20-13-6-5-7-14-20)25(32(28,30)31)26(29)27-24-18(2)11-10-12-19(24)3/h4-16H,1,17H2,2-3H3,(H,27,29). The Kier molecular flexibility index (Phi) is 5.72. The number of rotatable bonds is 5. The molecule has 3 aromatic rings. The van der Waals surface area contributed by atoms with Crippen LogP contribution in [0.3, 0.4) is 0 Å². The average Bonchev–Trinajstić information content (AvgIpc) is 2.78. The summed E-state index contributed by atoms with van der Waals surface area (Å²) in [7, 11) is -4.15. The number of sulfonamides is 1. The molecule has 0 spiro atoms. The number of carbonyl (C=O) groups is 1. The number of hydrogen-bond acceptors (Lipinski definition) is 3. The molecule has 0 unspecified atom stereocenters. The summed E-state index contributed by atoms with van der Waals surface area (Å²) in [4.78, 5) is 13.4. The van der Waals surface area contributed by atoms with E-state index in [4.69, 9.17) is 0 Å². The van der Waals surface area contributed by atoms with Crippen molar-refractivity contribution in [1.82, 2.24) is 0 Å². The molecular weight excluding hydrogens is 420 g/mol. The number of fused-ring (bicyclic) bond motifs is 1. The first-order valence-corrected chi connectivity index (χ1v) is 11.7. The van der Waals surface area contributed by atoms with E-state index in [9.17, 15) is 13.2 Å². The molecule has 0 fully saturated rings. The zero-order valence-corrected chi connectivity index (χ0v) is 18.8. The second-order valence-corrected chi connectivity index (χ2v) is 9.43. The van der Waals surface area contributed by atoms with Gasteiger partial charge in [-0.05, 0) is 36.6 Å². The van der Waals surface area contributed by atoms with E-state index in [-0.39, 0.29) is 11.4 Å². The van der Waals surface area contributed by atoms with Crippen LogP contribution >= 0.6 is 0 Å². The van der Waals surface area contributed by atoms with Gasteiger partial charge in [-0.15, -0.1) is 6.58 Å². The van der Waals surface area contributed by atoms with Crippen LogP contribution in [-0.2, 0) is 14.8 Å². The van der Waals surface area contributed by atoms with Gasteiger partial charge in [0.15, 0.2) is 4.91 Å². The molecule has 32 heavy (non-hydrogen) atoms. The number of amides is 1. The Labute approximate surface area is 188 Å². The van der Waals surface area contributed by atoms with Crippen LogP contribution in [0.5, 0.6) is 0 Å². The van der Waals surface area contributed by atoms with Crippen LogP contribution in [0, 0.1) is 13.8 Å². The van der Waals surface area contributed by atoms with E-state index in [2.05, 4.69) is 11.9 Å². The Morgan fingerprint density at radius 3 is 2.22 bits per heavy atom. The molecule has 0 aromatic heterocycles. The van der Waals surface area contributed by atoms with E-state index in [1.807, 2.05) is 74.5 Å². The first kappa shape index (κ1) is 21.6. The lowest BCUT2D eigenvalue weighted by atomic mass is 9.95. The summed E-state index contributed by atoms with van der Waals surface area (Å²) in [5.74, 6) is -0.662. The van der Waals surface area contributed by atoms with Crippen molar-refractivity contribution in [3.63, 3.8) is 0 Å². The molecule has 1 amide bonds. The molecule has 0 aliphatic carbocycles. The number of hydrogen-bond donors (Lipinski definition) is 1. The van der Waals surface area contributed by atoms with Crippen molar-refractivity contribution >= 4 is 32.9 Å². The Morgan fingerprint density at radius 1 is 0.938 bits per heavy atom. The van der Waals surface area contributed by atoms with Crippen LogP contribution in [0.15, 0.2) is 90.4 Å². The molecule has 0 radical (unpaired) electrons. The van der Waals surface area contributed by atoms with Gasteiger partial charge in [-0.3, -0.25) is 9.10 Å². The first-order valence-electron chi connectivity index (χ1n) is 10.3. The zero-order chi connectivity index (χ0) is 22.9. The van der Waals surface area contributed by atoms with Gasteiger partial charge in [0.05, 0.1) is 12.2 Å². The van der Waals surface area contributed by atoms with Crippen LogP contribution in [-0.4, -0.2) is 20.9 Å². The maximum Gasteiger partial charge on any atom is 0.270 e. The average molecular weight is 445 g/mol. The van der Waals surface area contributed by atoms with Gasteiger partial charge >= 0.3 is 0 Å². The number of anilines is 2. The van der Waals surface area contributed by atoms with Gasteiger partial charge in [-0.25, -0.2) is 8.42 Å². The van der Waals surface area contributed by atoms with Crippen LogP contribution in [0.4, 0.5) is 11.4 Å². The molecule has 0 atom stereocenters. The highest BCUT2D eigenvalue weighted by atomic mass is 32.2. The highest BCUT2D eigenvalue weighted by Crippen LogP contribution is 2.43. The predicted molar refractivity (Wildman–Crippen MR) is 130 cm³/mol. The summed E-state index contributed by atoms with van der Waals surface area (Å²) in [5.41, 5.74) is 4.59. The summed E-state index contributed by atoms with van der Waals surface area (Å²) in [5, 5.41) is 2.87. The van der Waals surface area contributed by atoms with Crippen molar-refractivity contribution in [2.75, 3.05) is 16.2 Å². The van der Waals surface area contributed by atoms with Crippen molar-refractivity contribution in [1.29, 1.82) is 0 Å². The van der Waals surface area contributed by atoms with Gasteiger partial charge in [0, 0.05) is 16.8 Å². The Morgan fingerprint density at radius 2 is 1.56 bits per heavy atom. The number of para-hydroxylation sites is 2. The summed E-state index contributed by atoms with van der Waals surface area (Å²) >= 11 is 0. The van der Waals surface area contributed by atoms with E-state index < -0.39 is 15.9 Å². The maximum absolute atomic E-state index is 13.8. The molecule has 0 bridgehead atoms.